The standard InChI is InChI=1S/C21H27N3O/c1-3-19-6-4-5-11-24(19)20-12-18(14-22-15-20)21(25)23-13-17-9-7-16(2)8-10-17/h7-10,12,14-15,19H,3-6,11,13H2,1-2H3,(H,23,25). The SMILES string of the molecule is CCC1CCCCN1c1cncc(C(=O)NCc2ccc(C)cc2)c1. The molecule has 1 aromatic carbocycles. The Hall–Kier alpha value is -2.36. The third kappa shape index (κ3) is 4.38. The number of anilines is 1. The lowest BCUT2D eigenvalue weighted by atomic mass is 9.99. The molecule has 0 radical (unpaired) electrons. The Morgan fingerprint density at radius 1 is 1.24 bits per heavy atom. The van der Waals surface area contributed by atoms with Crippen LogP contribution >= 0.6 is 0 Å². The van der Waals surface area contributed by atoms with Crippen molar-refractivity contribution in [1.29, 1.82) is 0 Å². The van der Waals surface area contributed by atoms with Crippen LogP contribution in [0.2, 0.25) is 0 Å². The van der Waals surface area contributed by atoms with Gasteiger partial charge in [-0.25, -0.2) is 0 Å². The largest absolute Gasteiger partial charge is 0.367 e. The third-order valence-corrected chi connectivity index (χ3v) is 4.99. The molecule has 1 atom stereocenters. The number of carbonyl (C=O) groups is 1. The molecule has 1 amide bonds. The molecule has 1 aromatic heterocycles. The molecule has 0 bridgehead atoms. The highest BCUT2D eigenvalue weighted by Gasteiger charge is 2.22. The van der Waals surface area contributed by atoms with Crippen LogP contribution in [0.15, 0.2) is 42.7 Å². The van der Waals surface area contributed by atoms with E-state index in [0.29, 0.717) is 18.2 Å². The van der Waals surface area contributed by atoms with E-state index in [1.807, 2.05) is 24.4 Å². The number of aromatic nitrogens is 1. The van der Waals surface area contributed by atoms with Crippen LogP contribution in [0.4, 0.5) is 5.69 Å². The Morgan fingerprint density at radius 2 is 2.04 bits per heavy atom. The predicted octanol–water partition coefficient (Wildman–Crippen LogP) is 4.09. The van der Waals surface area contributed by atoms with Gasteiger partial charge in [-0.05, 0) is 44.2 Å². The summed E-state index contributed by atoms with van der Waals surface area (Å²) in [7, 11) is 0. The number of hydrogen-bond acceptors (Lipinski definition) is 3. The van der Waals surface area contributed by atoms with Gasteiger partial charge < -0.3 is 10.2 Å². The van der Waals surface area contributed by atoms with E-state index in [1.165, 1.54) is 24.8 Å². The fourth-order valence-electron chi connectivity index (χ4n) is 3.46. The van der Waals surface area contributed by atoms with Crippen LogP contribution in [-0.4, -0.2) is 23.5 Å². The zero-order chi connectivity index (χ0) is 17.6. The van der Waals surface area contributed by atoms with Crippen molar-refractivity contribution in [1.82, 2.24) is 10.3 Å². The number of rotatable bonds is 5. The number of nitrogens with zero attached hydrogens (tertiary/aromatic N) is 2. The van der Waals surface area contributed by atoms with Gasteiger partial charge in [0.15, 0.2) is 0 Å². The van der Waals surface area contributed by atoms with Crippen molar-refractivity contribution in [3.63, 3.8) is 0 Å². The summed E-state index contributed by atoms with van der Waals surface area (Å²) in [6, 6.07) is 10.7. The molecule has 1 unspecified atom stereocenters. The van der Waals surface area contributed by atoms with Gasteiger partial charge in [0.2, 0.25) is 0 Å². The monoisotopic (exact) mass is 337 g/mol. The highest BCUT2D eigenvalue weighted by Crippen LogP contribution is 2.26. The molecule has 1 fully saturated rings. The zero-order valence-corrected chi connectivity index (χ0v) is 15.2. The number of hydrogen-bond donors (Lipinski definition) is 1. The molecule has 25 heavy (non-hydrogen) atoms. The number of benzene rings is 1. The first-order valence-electron chi connectivity index (χ1n) is 9.23. The lowest BCUT2D eigenvalue weighted by Crippen LogP contribution is -2.39. The summed E-state index contributed by atoms with van der Waals surface area (Å²) in [5, 5.41) is 2.99. The minimum Gasteiger partial charge on any atom is -0.367 e. The second-order valence-corrected chi connectivity index (χ2v) is 6.85. The molecule has 2 aromatic rings. The van der Waals surface area contributed by atoms with Crippen molar-refractivity contribution in [3.05, 3.63) is 59.4 Å². The summed E-state index contributed by atoms with van der Waals surface area (Å²) in [5.41, 5.74) is 4.02. The summed E-state index contributed by atoms with van der Waals surface area (Å²) in [4.78, 5) is 19.2. The molecular formula is C21H27N3O. The number of nitrogens with one attached hydrogen (secondary N) is 1. The number of carbonyl (C=O) groups excluding carboxylic acids is 1. The number of piperidine rings is 1. The van der Waals surface area contributed by atoms with E-state index in [9.17, 15) is 4.79 Å². The summed E-state index contributed by atoms with van der Waals surface area (Å²) >= 11 is 0. The van der Waals surface area contributed by atoms with Gasteiger partial charge >= 0.3 is 0 Å². The molecule has 0 aliphatic carbocycles. The molecule has 0 spiro atoms. The molecule has 0 saturated carbocycles. The zero-order valence-electron chi connectivity index (χ0n) is 15.2. The molecule has 1 aliphatic rings. The van der Waals surface area contributed by atoms with E-state index in [2.05, 4.69) is 41.2 Å². The summed E-state index contributed by atoms with van der Waals surface area (Å²) in [5.74, 6) is -0.0695. The fourth-order valence-corrected chi connectivity index (χ4v) is 3.46. The first-order chi connectivity index (χ1) is 12.2. The molecule has 3 rings (SSSR count). The summed E-state index contributed by atoms with van der Waals surface area (Å²) in [6.45, 7) is 5.87. The minimum atomic E-state index is -0.0695. The molecule has 4 nitrogen and oxygen atoms in total. The smallest absolute Gasteiger partial charge is 0.253 e. The van der Waals surface area contributed by atoms with Gasteiger partial charge in [-0.1, -0.05) is 36.8 Å². The van der Waals surface area contributed by atoms with Crippen LogP contribution in [0.1, 0.15) is 54.1 Å². The van der Waals surface area contributed by atoms with Crippen molar-refractivity contribution in [2.24, 2.45) is 0 Å². The van der Waals surface area contributed by atoms with Gasteiger partial charge in [-0.15, -0.1) is 0 Å². The fraction of sp³-hybridized carbons (Fsp3) is 0.429. The second-order valence-electron chi connectivity index (χ2n) is 6.85. The van der Waals surface area contributed by atoms with Crippen molar-refractivity contribution >= 4 is 11.6 Å². The molecule has 1 N–H and O–H groups in total. The van der Waals surface area contributed by atoms with E-state index in [-0.39, 0.29) is 5.91 Å². The summed E-state index contributed by atoms with van der Waals surface area (Å²) in [6.07, 6.45) is 8.38. The Morgan fingerprint density at radius 3 is 2.80 bits per heavy atom. The average Bonchev–Trinajstić information content (AvgIpc) is 2.67. The van der Waals surface area contributed by atoms with E-state index in [4.69, 9.17) is 0 Å². The van der Waals surface area contributed by atoms with Gasteiger partial charge in [0.1, 0.15) is 0 Å². The van der Waals surface area contributed by atoms with Crippen LogP contribution in [-0.2, 0) is 6.54 Å². The van der Waals surface area contributed by atoms with Gasteiger partial charge in [-0.3, -0.25) is 9.78 Å². The van der Waals surface area contributed by atoms with Crippen molar-refractivity contribution in [2.75, 3.05) is 11.4 Å². The second kappa shape index (κ2) is 8.15. The Labute approximate surface area is 150 Å². The number of pyridine rings is 1. The van der Waals surface area contributed by atoms with E-state index < -0.39 is 0 Å². The maximum atomic E-state index is 12.5. The van der Waals surface area contributed by atoms with Gasteiger partial charge in [0, 0.05) is 25.3 Å². The quantitative estimate of drug-likeness (QED) is 0.894. The van der Waals surface area contributed by atoms with Crippen molar-refractivity contribution in [2.45, 2.75) is 52.1 Å². The number of amides is 1. The summed E-state index contributed by atoms with van der Waals surface area (Å²) < 4.78 is 0. The molecule has 1 aliphatic heterocycles. The van der Waals surface area contributed by atoms with Gasteiger partial charge in [0.05, 0.1) is 17.4 Å². The normalized spacial score (nSPS) is 17.4. The lowest BCUT2D eigenvalue weighted by Gasteiger charge is -2.37. The van der Waals surface area contributed by atoms with E-state index >= 15 is 0 Å². The van der Waals surface area contributed by atoms with Crippen LogP contribution in [0.5, 0.6) is 0 Å². The van der Waals surface area contributed by atoms with Crippen LogP contribution in [0.3, 0.4) is 0 Å². The molecule has 2 heterocycles. The first-order valence-corrected chi connectivity index (χ1v) is 9.23. The Bertz CT molecular complexity index is 711. The van der Waals surface area contributed by atoms with E-state index in [0.717, 1.165) is 24.2 Å². The third-order valence-electron chi connectivity index (χ3n) is 4.99. The molecule has 1 saturated heterocycles. The highest BCUT2D eigenvalue weighted by atomic mass is 16.1. The van der Waals surface area contributed by atoms with Crippen LogP contribution < -0.4 is 10.2 Å². The molecule has 132 valence electrons. The average molecular weight is 337 g/mol. The van der Waals surface area contributed by atoms with E-state index in [1.54, 1.807) is 6.20 Å². The highest BCUT2D eigenvalue weighted by molar-refractivity contribution is 5.94. The first kappa shape index (κ1) is 17.5. The Kier molecular flexibility index (Phi) is 5.69. The maximum Gasteiger partial charge on any atom is 0.253 e. The van der Waals surface area contributed by atoms with Gasteiger partial charge in [0.25, 0.3) is 5.91 Å². The molecular weight excluding hydrogens is 310 g/mol. The van der Waals surface area contributed by atoms with Crippen molar-refractivity contribution < 1.29 is 4.79 Å². The predicted molar refractivity (Wildman–Crippen MR) is 102 cm³/mol. The van der Waals surface area contributed by atoms with Crippen molar-refractivity contribution in [3.8, 4) is 0 Å². The van der Waals surface area contributed by atoms with Crippen LogP contribution in [0, 0.1) is 6.92 Å². The molecule has 4 heteroatoms. The van der Waals surface area contributed by atoms with Crippen LogP contribution in [0.25, 0.3) is 0 Å². The number of aryl methyl sites for hydroxylation is 1. The topological polar surface area (TPSA) is 45.2 Å². The van der Waals surface area contributed by atoms with Gasteiger partial charge in [-0.2, -0.15) is 0 Å². The minimum absolute atomic E-state index is 0.0695. The Balaban J connectivity index is 1.67. The maximum absolute atomic E-state index is 12.5. The lowest BCUT2D eigenvalue weighted by molar-refractivity contribution is 0.0950.